The van der Waals surface area contributed by atoms with Crippen molar-refractivity contribution < 1.29 is 4.79 Å². The van der Waals surface area contributed by atoms with E-state index < -0.39 is 0 Å². The fourth-order valence-corrected chi connectivity index (χ4v) is 9.60. The van der Waals surface area contributed by atoms with Crippen LogP contribution >= 0.6 is 0 Å². The van der Waals surface area contributed by atoms with Crippen molar-refractivity contribution >= 4 is 11.6 Å². The number of fused-ring (bicyclic) bond motifs is 5. The minimum absolute atomic E-state index is 0.0652. The van der Waals surface area contributed by atoms with Crippen molar-refractivity contribution in [3.63, 3.8) is 0 Å². The number of nitrogens with one attached hydrogen (secondary N) is 1. The molecule has 0 saturated heterocycles. The van der Waals surface area contributed by atoms with E-state index in [4.69, 9.17) is 0 Å². The third kappa shape index (κ3) is 4.32. The van der Waals surface area contributed by atoms with Gasteiger partial charge in [0.15, 0.2) is 0 Å². The highest BCUT2D eigenvalue weighted by Crippen LogP contribution is 2.68. The summed E-state index contributed by atoms with van der Waals surface area (Å²) in [6.45, 7) is 18.8. The topological polar surface area (TPSA) is 41.5 Å². The van der Waals surface area contributed by atoms with Crippen molar-refractivity contribution in [3.8, 4) is 0 Å². The van der Waals surface area contributed by atoms with Gasteiger partial charge in [0.05, 0.1) is 0 Å². The largest absolute Gasteiger partial charge is 0.274 e. The number of carbonyl (C=O) groups is 1. The fourth-order valence-electron chi connectivity index (χ4n) is 9.60. The van der Waals surface area contributed by atoms with Crippen LogP contribution in [0.2, 0.25) is 0 Å². The van der Waals surface area contributed by atoms with Crippen molar-refractivity contribution in [3.05, 3.63) is 11.6 Å². The van der Waals surface area contributed by atoms with E-state index in [1.165, 1.54) is 57.8 Å². The predicted octanol–water partition coefficient (Wildman–Crippen LogP) is 8.16. The van der Waals surface area contributed by atoms with Gasteiger partial charge in [-0.05, 0) is 91.3 Å². The molecule has 0 radical (unpaired) electrons. The van der Waals surface area contributed by atoms with Crippen LogP contribution in [0.4, 0.5) is 0 Å². The summed E-state index contributed by atoms with van der Waals surface area (Å²) in [6.07, 6.45) is 16.0. The number of allylic oxidation sites excluding steroid dienone is 2. The summed E-state index contributed by atoms with van der Waals surface area (Å²) in [5, 5.41) is 4.57. The summed E-state index contributed by atoms with van der Waals surface area (Å²) in [7, 11) is 0. The fraction of sp³-hybridized carbons (Fsp3) is 0.871. The summed E-state index contributed by atoms with van der Waals surface area (Å²) in [4.78, 5) is 11.5. The molecule has 0 aromatic rings. The average Bonchev–Trinajstić information content (AvgIpc) is 3.09. The van der Waals surface area contributed by atoms with Crippen LogP contribution in [0.25, 0.3) is 0 Å². The lowest BCUT2D eigenvalue weighted by Gasteiger charge is -2.60. The van der Waals surface area contributed by atoms with Gasteiger partial charge in [-0.2, -0.15) is 5.10 Å². The standard InChI is InChI=1S/C31H52N2O/c1-20(2)10-9-11-21(3)24-13-14-25-23-12-15-27-29(5,6)28(33-32-22(4)34)17-19-31(27,8)26(23)16-18-30(24,25)7/h15,20-21,23-26H,9-14,16-19H2,1-8H3,(H,32,34). The SMILES string of the molecule is CC(=O)NN=C1CCC2(C)C(=CCC3C2CCC2(C)C(C(C)CCCC(C)C)CCC32)C1(C)C. The molecule has 3 heteroatoms. The number of amides is 1. The molecule has 0 spiro atoms. The molecule has 4 aliphatic rings. The van der Waals surface area contributed by atoms with Crippen LogP contribution in [-0.2, 0) is 4.79 Å². The smallest absolute Gasteiger partial charge is 0.236 e. The van der Waals surface area contributed by atoms with Crippen molar-refractivity contribution in [1.82, 2.24) is 5.43 Å². The van der Waals surface area contributed by atoms with Gasteiger partial charge in [0.1, 0.15) is 0 Å². The lowest BCUT2D eigenvalue weighted by atomic mass is 9.44. The van der Waals surface area contributed by atoms with E-state index in [0.717, 1.165) is 47.6 Å². The maximum absolute atomic E-state index is 11.5. The Balaban J connectivity index is 1.54. The Kier molecular flexibility index (Phi) is 7.17. The summed E-state index contributed by atoms with van der Waals surface area (Å²) >= 11 is 0. The Bertz CT molecular complexity index is 838. The Labute approximate surface area is 210 Å². The minimum Gasteiger partial charge on any atom is -0.274 e. The monoisotopic (exact) mass is 468 g/mol. The first kappa shape index (κ1) is 26.0. The summed E-state index contributed by atoms with van der Waals surface area (Å²) in [6, 6.07) is 0. The van der Waals surface area contributed by atoms with Crippen molar-refractivity contribution in [1.29, 1.82) is 0 Å². The Morgan fingerprint density at radius 3 is 2.47 bits per heavy atom. The maximum atomic E-state index is 11.5. The van der Waals surface area contributed by atoms with Gasteiger partial charge in [-0.1, -0.05) is 79.4 Å². The second kappa shape index (κ2) is 9.40. The summed E-state index contributed by atoms with van der Waals surface area (Å²) in [5.74, 6) is 5.11. The van der Waals surface area contributed by atoms with Crippen molar-refractivity contribution in [2.75, 3.05) is 0 Å². The number of hydrogen-bond donors (Lipinski definition) is 1. The van der Waals surface area contributed by atoms with Gasteiger partial charge in [0.2, 0.25) is 5.91 Å². The summed E-state index contributed by atoms with van der Waals surface area (Å²) < 4.78 is 0. The molecule has 0 aromatic heterocycles. The van der Waals surface area contributed by atoms with Crippen LogP contribution in [0.3, 0.4) is 0 Å². The van der Waals surface area contributed by atoms with Crippen LogP contribution < -0.4 is 5.43 Å². The number of hydrogen-bond acceptors (Lipinski definition) is 2. The Hall–Kier alpha value is -1.12. The molecule has 3 nitrogen and oxygen atoms in total. The highest BCUT2D eigenvalue weighted by Gasteiger charge is 2.60. The quantitative estimate of drug-likeness (QED) is 0.310. The lowest BCUT2D eigenvalue weighted by molar-refractivity contribution is -0.118. The third-order valence-electron chi connectivity index (χ3n) is 11.3. The number of nitrogens with zero attached hydrogens (tertiary/aromatic N) is 1. The second-order valence-corrected chi connectivity index (χ2v) is 14.0. The van der Waals surface area contributed by atoms with E-state index in [1.807, 2.05) is 0 Å². The lowest BCUT2D eigenvalue weighted by Crippen LogP contribution is -2.54. The number of rotatable bonds is 6. The zero-order valence-electron chi connectivity index (χ0n) is 23.5. The second-order valence-electron chi connectivity index (χ2n) is 14.0. The Morgan fingerprint density at radius 1 is 1.06 bits per heavy atom. The maximum Gasteiger partial charge on any atom is 0.236 e. The summed E-state index contributed by atoms with van der Waals surface area (Å²) in [5.41, 5.74) is 6.25. The predicted molar refractivity (Wildman–Crippen MR) is 143 cm³/mol. The van der Waals surface area contributed by atoms with Gasteiger partial charge in [0, 0.05) is 18.1 Å². The molecule has 1 N–H and O–H groups in total. The number of hydrazone groups is 1. The molecule has 3 saturated carbocycles. The molecule has 0 heterocycles. The van der Waals surface area contributed by atoms with Gasteiger partial charge in [-0.25, -0.2) is 5.43 Å². The van der Waals surface area contributed by atoms with Crippen LogP contribution in [0.5, 0.6) is 0 Å². The first-order valence-electron chi connectivity index (χ1n) is 14.5. The van der Waals surface area contributed by atoms with E-state index in [-0.39, 0.29) is 16.7 Å². The molecule has 1 amide bonds. The Morgan fingerprint density at radius 2 is 1.79 bits per heavy atom. The molecule has 7 atom stereocenters. The van der Waals surface area contributed by atoms with Crippen LogP contribution in [0.15, 0.2) is 16.8 Å². The van der Waals surface area contributed by atoms with E-state index in [2.05, 4.69) is 65.1 Å². The van der Waals surface area contributed by atoms with E-state index >= 15 is 0 Å². The average molecular weight is 469 g/mol. The molecular formula is C31H52N2O. The zero-order chi connectivity index (χ0) is 24.9. The van der Waals surface area contributed by atoms with E-state index in [9.17, 15) is 4.79 Å². The van der Waals surface area contributed by atoms with Gasteiger partial charge in [0.25, 0.3) is 0 Å². The van der Waals surface area contributed by atoms with Crippen LogP contribution in [0, 0.1) is 51.8 Å². The molecule has 4 rings (SSSR count). The van der Waals surface area contributed by atoms with Crippen LogP contribution in [0.1, 0.15) is 120 Å². The van der Waals surface area contributed by atoms with Crippen molar-refractivity contribution in [2.45, 2.75) is 120 Å². The molecular weight excluding hydrogens is 416 g/mol. The third-order valence-corrected chi connectivity index (χ3v) is 11.3. The molecule has 3 fully saturated rings. The van der Waals surface area contributed by atoms with Gasteiger partial charge < -0.3 is 0 Å². The van der Waals surface area contributed by atoms with Gasteiger partial charge in [-0.15, -0.1) is 0 Å². The first-order valence-corrected chi connectivity index (χ1v) is 14.5. The highest BCUT2D eigenvalue weighted by atomic mass is 16.2. The normalized spacial score (nSPS) is 40.9. The first-order chi connectivity index (χ1) is 15.9. The minimum atomic E-state index is -0.0740. The van der Waals surface area contributed by atoms with Gasteiger partial charge in [-0.3, -0.25) is 4.79 Å². The zero-order valence-corrected chi connectivity index (χ0v) is 23.5. The van der Waals surface area contributed by atoms with Crippen LogP contribution in [-0.4, -0.2) is 11.6 Å². The molecule has 7 unspecified atom stereocenters. The number of carbonyl (C=O) groups excluding carboxylic acids is 1. The molecule has 0 aliphatic heterocycles. The van der Waals surface area contributed by atoms with Crippen molar-refractivity contribution in [2.24, 2.45) is 56.9 Å². The molecule has 192 valence electrons. The molecule has 0 bridgehead atoms. The molecule has 34 heavy (non-hydrogen) atoms. The van der Waals surface area contributed by atoms with E-state index in [0.29, 0.717) is 5.41 Å². The van der Waals surface area contributed by atoms with E-state index in [1.54, 1.807) is 12.5 Å². The van der Waals surface area contributed by atoms with Gasteiger partial charge >= 0.3 is 0 Å². The highest BCUT2D eigenvalue weighted by molar-refractivity contribution is 5.94. The molecule has 4 aliphatic carbocycles. The molecule has 0 aromatic carbocycles.